The van der Waals surface area contributed by atoms with Gasteiger partial charge in [-0.2, -0.15) is 0 Å². The largest absolute Gasteiger partial charge is 0.299 e. The summed E-state index contributed by atoms with van der Waals surface area (Å²) in [6, 6.07) is 10.6. The van der Waals surface area contributed by atoms with Crippen LogP contribution < -0.4 is 0 Å². The van der Waals surface area contributed by atoms with Gasteiger partial charge in [-0.1, -0.05) is 35.4 Å². The molecule has 1 nitrogen and oxygen atoms in total. The SMILES string of the molecule is Cc1cc(C)cc(CC(=O)CCCc2cccs2)c1. The van der Waals surface area contributed by atoms with E-state index in [2.05, 4.69) is 49.6 Å². The van der Waals surface area contributed by atoms with Crippen LogP contribution in [0.15, 0.2) is 35.7 Å². The third-order valence-electron chi connectivity index (χ3n) is 3.14. The summed E-state index contributed by atoms with van der Waals surface area (Å²) in [4.78, 5) is 13.3. The Bertz CT molecular complexity index is 520. The maximum absolute atomic E-state index is 12.0. The Morgan fingerprint density at radius 1 is 1.16 bits per heavy atom. The number of hydrogen-bond acceptors (Lipinski definition) is 2. The molecular formula is C17H20OS. The van der Waals surface area contributed by atoms with Gasteiger partial charge in [-0.3, -0.25) is 4.79 Å². The van der Waals surface area contributed by atoms with Crippen LogP contribution in [0.1, 0.15) is 34.4 Å². The molecule has 0 aliphatic rings. The summed E-state index contributed by atoms with van der Waals surface area (Å²) in [5.74, 6) is 0.349. The summed E-state index contributed by atoms with van der Waals surface area (Å²) < 4.78 is 0. The molecule has 0 N–H and O–H groups in total. The Hall–Kier alpha value is -1.41. The molecule has 0 fully saturated rings. The smallest absolute Gasteiger partial charge is 0.137 e. The van der Waals surface area contributed by atoms with Gasteiger partial charge in [-0.25, -0.2) is 0 Å². The second-order valence-corrected chi connectivity index (χ2v) is 6.18. The summed E-state index contributed by atoms with van der Waals surface area (Å²) in [6.45, 7) is 4.16. The van der Waals surface area contributed by atoms with Gasteiger partial charge in [0.25, 0.3) is 0 Å². The van der Waals surface area contributed by atoms with Crippen LogP contribution in [0.4, 0.5) is 0 Å². The summed E-state index contributed by atoms with van der Waals surface area (Å²) >= 11 is 1.77. The molecule has 0 saturated carbocycles. The van der Waals surface area contributed by atoms with Crippen molar-refractivity contribution in [2.24, 2.45) is 0 Å². The molecule has 0 saturated heterocycles. The van der Waals surface area contributed by atoms with E-state index in [0.717, 1.165) is 18.4 Å². The molecule has 1 heterocycles. The average Bonchev–Trinajstić information content (AvgIpc) is 2.80. The van der Waals surface area contributed by atoms with Crippen LogP contribution in [-0.2, 0) is 17.6 Å². The van der Waals surface area contributed by atoms with E-state index in [-0.39, 0.29) is 0 Å². The zero-order valence-electron chi connectivity index (χ0n) is 11.6. The molecule has 0 aliphatic heterocycles. The zero-order chi connectivity index (χ0) is 13.7. The van der Waals surface area contributed by atoms with Gasteiger partial charge in [0, 0.05) is 17.7 Å². The van der Waals surface area contributed by atoms with E-state index in [0.29, 0.717) is 18.6 Å². The molecule has 0 bridgehead atoms. The summed E-state index contributed by atoms with van der Waals surface area (Å²) in [7, 11) is 0. The van der Waals surface area contributed by atoms with Crippen molar-refractivity contribution >= 4 is 17.1 Å². The molecule has 19 heavy (non-hydrogen) atoms. The molecule has 0 atom stereocenters. The standard InChI is InChI=1S/C17H20OS/c1-13-9-14(2)11-15(10-13)12-16(18)5-3-6-17-7-4-8-19-17/h4,7-11H,3,5-6,12H2,1-2H3. The van der Waals surface area contributed by atoms with Gasteiger partial charge in [0.05, 0.1) is 0 Å². The van der Waals surface area contributed by atoms with Crippen LogP contribution in [0.25, 0.3) is 0 Å². The second kappa shape index (κ2) is 6.67. The minimum absolute atomic E-state index is 0.349. The molecule has 0 radical (unpaired) electrons. The predicted octanol–water partition coefficient (Wildman–Crippen LogP) is 4.50. The van der Waals surface area contributed by atoms with E-state index < -0.39 is 0 Å². The normalized spacial score (nSPS) is 10.6. The molecule has 0 spiro atoms. The first kappa shape index (κ1) is 14.0. The fourth-order valence-corrected chi connectivity index (χ4v) is 3.15. The highest BCUT2D eigenvalue weighted by atomic mass is 32.1. The molecule has 2 heteroatoms. The highest BCUT2D eigenvalue weighted by Crippen LogP contribution is 2.14. The number of ketones is 1. The van der Waals surface area contributed by atoms with Gasteiger partial charge in [-0.05, 0) is 43.7 Å². The highest BCUT2D eigenvalue weighted by molar-refractivity contribution is 7.09. The molecule has 1 aromatic carbocycles. The van der Waals surface area contributed by atoms with Crippen molar-refractivity contribution in [1.82, 2.24) is 0 Å². The highest BCUT2D eigenvalue weighted by Gasteiger charge is 2.05. The first-order valence-electron chi connectivity index (χ1n) is 6.75. The molecule has 100 valence electrons. The topological polar surface area (TPSA) is 17.1 Å². The number of benzene rings is 1. The number of carbonyl (C=O) groups excluding carboxylic acids is 1. The lowest BCUT2D eigenvalue weighted by atomic mass is 10.0. The quantitative estimate of drug-likeness (QED) is 0.756. The van der Waals surface area contributed by atoms with E-state index in [4.69, 9.17) is 0 Å². The Morgan fingerprint density at radius 3 is 2.53 bits per heavy atom. The third kappa shape index (κ3) is 4.64. The summed E-state index contributed by atoms with van der Waals surface area (Å²) in [6.07, 6.45) is 3.25. The number of carbonyl (C=O) groups is 1. The first-order chi connectivity index (χ1) is 9.13. The number of aryl methyl sites for hydroxylation is 3. The molecule has 2 aromatic rings. The Morgan fingerprint density at radius 2 is 1.89 bits per heavy atom. The molecule has 1 aromatic heterocycles. The van der Waals surface area contributed by atoms with Crippen molar-refractivity contribution in [3.05, 3.63) is 57.3 Å². The van der Waals surface area contributed by atoms with E-state index in [1.54, 1.807) is 11.3 Å². The maximum Gasteiger partial charge on any atom is 0.137 e. The van der Waals surface area contributed by atoms with Gasteiger partial charge >= 0.3 is 0 Å². The van der Waals surface area contributed by atoms with Crippen molar-refractivity contribution < 1.29 is 4.79 Å². The number of hydrogen-bond donors (Lipinski definition) is 0. The van der Waals surface area contributed by atoms with Crippen molar-refractivity contribution in [2.45, 2.75) is 39.5 Å². The maximum atomic E-state index is 12.0. The van der Waals surface area contributed by atoms with E-state index in [1.165, 1.54) is 16.0 Å². The van der Waals surface area contributed by atoms with Crippen molar-refractivity contribution in [3.63, 3.8) is 0 Å². The lowest BCUT2D eigenvalue weighted by Crippen LogP contribution is -2.03. The first-order valence-corrected chi connectivity index (χ1v) is 7.63. The minimum atomic E-state index is 0.349. The molecule has 2 rings (SSSR count). The lowest BCUT2D eigenvalue weighted by Gasteiger charge is -2.04. The van der Waals surface area contributed by atoms with Crippen LogP contribution in [0.5, 0.6) is 0 Å². The number of Topliss-reactive ketones (excluding diaryl/α,β-unsaturated/α-hetero) is 1. The average molecular weight is 272 g/mol. The van der Waals surface area contributed by atoms with Crippen molar-refractivity contribution in [1.29, 1.82) is 0 Å². The monoisotopic (exact) mass is 272 g/mol. The van der Waals surface area contributed by atoms with Crippen molar-refractivity contribution in [2.75, 3.05) is 0 Å². The van der Waals surface area contributed by atoms with Crippen LogP contribution in [0.3, 0.4) is 0 Å². The zero-order valence-corrected chi connectivity index (χ0v) is 12.4. The summed E-state index contributed by atoms with van der Waals surface area (Å²) in [5, 5.41) is 2.09. The Kier molecular flexibility index (Phi) is 4.92. The van der Waals surface area contributed by atoms with E-state index in [9.17, 15) is 4.79 Å². The van der Waals surface area contributed by atoms with Gasteiger partial charge < -0.3 is 0 Å². The van der Waals surface area contributed by atoms with Gasteiger partial charge in [0.1, 0.15) is 5.78 Å². The third-order valence-corrected chi connectivity index (χ3v) is 4.08. The van der Waals surface area contributed by atoms with E-state index >= 15 is 0 Å². The van der Waals surface area contributed by atoms with Crippen LogP contribution in [0.2, 0.25) is 0 Å². The lowest BCUT2D eigenvalue weighted by molar-refractivity contribution is -0.118. The fourth-order valence-electron chi connectivity index (χ4n) is 2.40. The van der Waals surface area contributed by atoms with E-state index in [1.807, 2.05) is 0 Å². The number of thiophene rings is 1. The van der Waals surface area contributed by atoms with Gasteiger partial charge in [0.15, 0.2) is 0 Å². The predicted molar refractivity (Wildman–Crippen MR) is 81.9 cm³/mol. The minimum Gasteiger partial charge on any atom is -0.299 e. The van der Waals surface area contributed by atoms with Crippen LogP contribution >= 0.6 is 11.3 Å². The second-order valence-electron chi connectivity index (χ2n) is 5.14. The molecule has 0 amide bonds. The molecule has 0 unspecified atom stereocenters. The number of rotatable bonds is 6. The van der Waals surface area contributed by atoms with Crippen molar-refractivity contribution in [3.8, 4) is 0 Å². The fraction of sp³-hybridized carbons (Fsp3) is 0.353. The molecule has 0 aliphatic carbocycles. The van der Waals surface area contributed by atoms with Gasteiger partial charge in [-0.15, -0.1) is 11.3 Å². The Labute approximate surface area is 119 Å². The summed E-state index contributed by atoms with van der Waals surface area (Å²) in [5.41, 5.74) is 3.63. The molecular weight excluding hydrogens is 252 g/mol. The van der Waals surface area contributed by atoms with Gasteiger partial charge in [0.2, 0.25) is 0 Å². The van der Waals surface area contributed by atoms with Crippen LogP contribution in [0, 0.1) is 13.8 Å². The Balaban J connectivity index is 1.80. The van der Waals surface area contributed by atoms with Crippen LogP contribution in [-0.4, -0.2) is 5.78 Å².